The third kappa shape index (κ3) is 4.19. The Morgan fingerprint density at radius 1 is 0.889 bits per heavy atom. The van der Waals surface area contributed by atoms with Crippen LogP contribution in [0.15, 0.2) is 66.7 Å². The predicted molar refractivity (Wildman–Crippen MR) is 107 cm³/mol. The molecule has 0 bridgehead atoms. The maximum Gasteiger partial charge on any atom is 0.226 e. The zero-order valence-corrected chi connectivity index (χ0v) is 15.3. The molecule has 1 aliphatic rings. The number of piperazine rings is 1. The Morgan fingerprint density at radius 2 is 1.63 bits per heavy atom. The van der Waals surface area contributed by atoms with Gasteiger partial charge >= 0.3 is 0 Å². The van der Waals surface area contributed by atoms with Crippen LogP contribution in [0.2, 0.25) is 0 Å². The summed E-state index contributed by atoms with van der Waals surface area (Å²) in [7, 11) is 0. The standard InChI is InChI=1S/C22H23N3O2/c26-22(12-17-27-19-7-2-1-3-8-19)25-15-13-24(14-16-25)21-11-10-18-6-4-5-9-20(18)23-21/h1-11H,12-17H2. The zero-order chi connectivity index (χ0) is 18.5. The first-order chi connectivity index (χ1) is 13.3. The summed E-state index contributed by atoms with van der Waals surface area (Å²) in [5, 5.41) is 1.15. The topological polar surface area (TPSA) is 45.7 Å². The minimum Gasteiger partial charge on any atom is -0.493 e. The van der Waals surface area contributed by atoms with E-state index in [1.807, 2.05) is 53.4 Å². The highest BCUT2D eigenvalue weighted by Crippen LogP contribution is 2.19. The highest BCUT2D eigenvalue weighted by atomic mass is 16.5. The van der Waals surface area contributed by atoms with Crippen molar-refractivity contribution in [1.82, 2.24) is 9.88 Å². The first-order valence-corrected chi connectivity index (χ1v) is 9.36. The van der Waals surface area contributed by atoms with E-state index >= 15 is 0 Å². The van der Waals surface area contributed by atoms with Crippen molar-refractivity contribution in [3.05, 3.63) is 66.7 Å². The predicted octanol–water partition coefficient (Wildman–Crippen LogP) is 3.35. The molecule has 3 aromatic rings. The molecule has 2 aromatic carbocycles. The molecule has 0 radical (unpaired) electrons. The van der Waals surface area contributed by atoms with Gasteiger partial charge < -0.3 is 14.5 Å². The molecule has 0 unspecified atom stereocenters. The molecule has 0 N–H and O–H groups in total. The Labute approximate surface area is 159 Å². The van der Waals surface area contributed by atoms with Gasteiger partial charge in [0.15, 0.2) is 0 Å². The van der Waals surface area contributed by atoms with Crippen LogP contribution in [0.1, 0.15) is 6.42 Å². The number of hydrogen-bond acceptors (Lipinski definition) is 4. The molecule has 0 spiro atoms. The van der Waals surface area contributed by atoms with Gasteiger partial charge in [-0.3, -0.25) is 4.79 Å². The van der Waals surface area contributed by atoms with Gasteiger partial charge in [-0.05, 0) is 30.3 Å². The quantitative estimate of drug-likeness (QED) is 0.699. The van der Waals surface area contributed by atoms with E-state index in [-0.39, 0.29) is 5.91 Å². The average molecular weight is 361 g/mol. The van der Waals surface area contributed by atoms with E-state index in [1.165, 1.54) is 0 Å². The van der Waals surface area contributed by atoms with Gasteiger partial charge in [-0.2, -0.15) is 0 Å². The molecule has 27 heavy (non-hydrogen) atoms. The van der Waals surface area contributed by atoms with E-state index in [9.17, 15) is 4.79 Å². The fourth-order valence-electron chi connectivity index (χ4n) is 3.35. The number of nitrogens with zero attached hydrogens (tertiary/aromatic N) is 3. The Balaban J connectivity index is 1.28. The zero-order valence-electron chi connectivity index (χ0n) is 15.3. The lowest BCUT2D eigenvalue weighted by Crippen LogP contribution is -2.49. The normalized spacial score (nSPS) is 14.4. The van der Waals surface area contributed by atoms with Gasteiger partial charge in [-0.25, -0.2) is 4.98 Å². The molecule has 1 aromatic heterocycles. The van der Waals surface area contributed by atoms with Crippen LogP contribution in [0.4, 0.5) is 5.82 Å². The number of carbonyl (C=O) groups excluding carboxylic acids is 1. The van der Waals surface area contributed by atoms with Crippen molar-refractivity contribution < 1.29 is 9.53 Å². The Bertz CT molecular complexity index is 906. The lowest BCUT2D eigenvalue weighted by atomic mass is 10.2. The molecule has 0 saturated carbocycles. The van der Waals surface area contributed by atoms with Crippen LogP contribution in [-0.2, 0) is 4.79 Å². The minimum atomic E-state index is 0.150. The first-order valence-electron chi connectivity index (χ1n) is 9.36. The van der Waals surface area contributed by atoms with Crippen LogP contribution in [0.5, 0.6) is 5.75 Å². The molecule has 1 saturated heterocycles. The second-order valence-corrected chi connectivity index (χ2v) is 6.64. The van der Waals surface area contributed by atoms with Crippen molar-refractivity contribution in [2.45, 2.75) is 6.42 Å². The van der Waals surface area contributed by atoms with Gasteiger partial charge in [0.25, 0.3) is 0 Å². The van der Waals surface area contributed by atoms with Crippen LogP contribution in [0, 0.1) is 0 Å². The summed E-state index contributed by atoms with van der Waals surface area (Å²) in [4.78, 5) is 21.3. The summed E-state index contributed by atoms with van der Waals surface area (Å²) in [6.07, 6.45) is 0.406. The highest BCUT2D eigenvalue weighted by molar-refractivity contribution is 5.80. The summed E-state index contributed by atoms with van der Waals surface area (Å²) in [6, 6.07) is 21.9. The number of rotatable bonds is 5. The average Bonchev–Trinajstić information content (AvgIpc) is 2.74. The van der Waals surface area contributed by atoms with Crippen molar-refractivity contribution >= 4 is 22.6 Å². The summed E-state index contributed by atoms with van der Waals surface area (Å²) in [5.74, 6) is 1.93. The smallest absolute Gasteiger partial charge is 0.226 e. The molecule has 1 aliphatic heterocycles. The van der Waals surface area contributed by atoms with Gasteiger partial charge in [0, 0.05) is 31.6 Å². The summed E-state index contributed by atoms with van der Waals surface area (Å²) < 4.78 is 5.63. The first kappa shape index (κ1) is 17.3. The number of carbonyl (C=O) groups is 1. The lowest BCUT2D eigenvalue weighted by molar-refractivity contribution is -0.132. The second kappa shape index (κ2) is 8.08. The van der Waals surface area contributed by atoms with E-state index in [0.717, 1.165) is 48.6 Å². The molecule has 5 heteroatoms. The van der Waals surface area contributed by atoms with Gasteiger partial charge in [0.05, 0.1) is 18.5 Å². The van der Waals surface area contributed by atoms with Gasteiger partial charge in [0.1, 0.15) is 11.6 Å². The van der Waals surface area contributed by atoms with Crippen LogP contribution in [0.25, 0.3) is 10.9 Å². The van der Waals surface area contributed by atoms with E-state index in [1.54, 1.807) is 0 Å². The van der Waals surface area contributed by atoms with Gasteiger partial charge in [0.2, 0.25) is 5.91 Å². The molecule has 5 nitrogen and oxygen atoms in total. The number of fused-ring (bicyclic) bond motifs is 1. The monoisotopic (exact) mass is 361 g/mol. The fraction of sp³-hybridized carbons (Fsp3) is 0.273. The Kier molecular flexibility index (Phi) is 5.19. The lowest BCUT2D eigenvalue weighted by Gasteiger charge is -2.35. The van der Waals surface area contributed by atoms with Gasteiger partial charge in [-0.15, -0.1) is 0 Å². The van der Waals surface area contributed by atoms with E-state index in [4.69, 9.17) is 9.72 Å². The molecule has 4 rings (SSSR count). The molecule has 0 aliphatic carbocycles. The second-order valence-electron chi connectivity index (χ2n) is 6.64. The van der Waals surface area contributed by atoms with Crippen molar-refractivity contribution in [3.63, 3.8) is 0 Å². The number of hydrogen-bond donors (Lipinski definition) is 0. The number of para-hydroxylation sites is 2. The number of amides is 1. The molecule has 1 amide bonds. The van der Waals surface area contributed by atoms with E-state index < -0.39 is 0 Å². The highest BCUT2D eigenvalue weighted by Gasteiger charge is 2.21. The molecular formula is C22H23N3O2. The number of benzene rings is 2. The van der Waals surface area contributed by atoms with Crippen molar-refractivity contribution in [2.24, 2.45) is 0 Å². The van der Waals surface area contributed by atoms with Crippen LogP contribution >= 0.6 is 0 Å². The maximum absolute atomic E-state index is 12.4. The Morgan fingerprint density at radius 3 is 2.44 bits per heavy atom. The van der Waals surface area contributed by atoms with E-state index in [2.05, 4.69) is 23.1 Å². The molecule has 1 fully saturated rings. The van der Waals surface area contributed by atoms with Crippen molar-refractivity contribution in [1.29, 1.82) is 0 Å². The third-order valence-electron chi connectivity index (χ3n) is 4.87. The van der Waals surface area contributed by atoms with Crippen LogP contribution in [0.3, 0.4) is 0 Å². The van der Waals surface area contributed by atoms with Crippen molar-refractivity contribution in [2.75, 3.05) is 37.7 Å². The molecule has 2 heterocycles. The minimum absolute atomic E-state index is 0.150. The fourth-order valence-corrected chi connectivity index (χ4v) is 3.35. The molecule has 0 atom stereocenters. The maximum atomic E-state index is 12.4. The number of anilines is 1. The largest absolute Gasteiger partial charge is 0.493 e. The van der Waals surface area contributed by atoms with E-state index in [0.29, 0.717) is 13.0 Å². The van der Waals surface area contributed by atoms with Crippen LogP contribution in [-0.4, -0.2) is 48.6 Å². The third-order valence-corrected chi connectivity index (χ3v) is 4.87. The SMILES string of the molecule is O=C(CCOc1ccccc1)N1CCN(c2ccc3ccccc3n2)CC1. The summed E-state index contributed by atoms with van der Waals surface area (Å²) in [5.41, 5.74) is 1.01. The number of aromatic nitrogens is 1. The summed E-state index contributed by atoms with van der Waals surface area (Å²) in [6.45, 7) is 3.46. The van der Waals surface area contributed by atoms with Crippen molar-refractivity contribution in [3.8, 4) is 5.75 Å². The number of ether oxygens (including phenoxy) is 1. The molecular weight excluding hydrogens is 338 g/mol. The number of pyridine rings is 1. The van der Waals surface area contributed by atoms with Gasteiger partial charge in [-0.1, -0.05) is 36.4 Å². The molecule has 138 valence electrons. The van der Waals surface area contributed by atoms with Crippen LogP contribution < -0.4 is 9.64 Å². The Hall–Kier alpha value is -3.08. The summed E-state index contributed by atoms with van der Waals surface area (Å²) >= 11 is 0.